The van der Waals surface area contributed by atoms with Gasteiger partial charge in [-0.15, -0.1) is 0 Å². The molecule has 1 rings (SSSR count). The van der Waals surface area contributed by atoms with Gasteiger partial charge in [0.05, 0.1) is 11.5 Å². The molecule has 116 valence electrons. The van der Waals surface area contributed by atoms with E-state index in [-0.39, 0.29) is 29.9 Å². The maximum Gasteiger partial charge on any atom is 0.353 e. The molecule has 1 aromatic heterocycles. The minimum absolute atomic E-state index is 0.0856. The summed E-state index contributed by atoms with van der Waals surface area (Å²) >= 11 is 0. The number of carbonyl (C=O) groups excluding carboxylic acids is 1. The van der Waals surface area contributed by atoms with E-state index in [9.17, 15) is 14.9 Å². The van der Waals surface area contributed by atoms with E-state index in [0.717, 1.165) is 6.42 Å². The lowest BCUT2D eigenvalue weighted by molar-refractivity contribution is -0.383. The van der Waals surface area contributed by atoms with Gasteiger partial charge >= 0.3 is 5.69 Å². The lowest BCUT2D eigenvalue weighted by Crippen LogP contribution is -2.39. The number of hydrogen-bond acceptors (Lipinski definition) is 7. The Hall–Kier alpha value is -2.45. The van der Waals surface area contributed by atoms with Gasteiger partial charge in [0.15, 0.2) is 0 Å². The largest absolute Gasteiger partial charge is 0.368 e. The standard InChI is InChI=1S/C12H20N6O3/c1-4-5-14-11-10(18(20)21)12(16-7-15-11)17(8(2)3)6-9(13)19/h7-8H,4-6H2,1-3H3,(H2,13,19)(H,14,15,16). The predicted molar refractivity (Wildman–Crippen MR) is 79.1 cm³/mol. The van der Waals surface area contributed by atoms with Gasteiger partial charge in [-0.1, -0.05) is 6.92 Å². The SMILES string of the molecule is CCCNc1ncnc(N(CC(N)=O)C(C)C)c1[N+](=O)[O-]. The summed E-state index contributed by atoms with van der Waals surface area (Å²) in [5.74, 6) is -0.357. The molecular weight excluding hydrogens is 276 g/mol. The first-order valence-electron chi connectivity index (χ1n) is 6.66. The van der Waals surface area contributed by atoms with Gasteiger partial charge in [-0.05, 0) is 20.3 Å². The van der Waals surface area contributed by atoms with Crippen LogP contribution in [0.2, 0.25) is 0 Å². The minimum Gasteiger partial charge on any atom is -0.368 e. The number of aromatic nitrogens is 2. The van der Waals surface area contributed by atoms with Gasteiger partial charge in [0.2, 0.25) is 17.5 Å². The van der Waals surface area contributed by atoms with Crippen molar-refractivity contribution < 1.29 is 9.72 Å². The first-order valence-corrected chi connectivity index (χ1v) is 6.66. The number of nitrogens with one attached hydrogen (secondary N) is 1. The normalized spacial score (nSPS) is 10.5. The maximum absolute atomic E-state index is 11.4. The fraction of sp³-hybridized carbons (Fsp3) is 0.583. The Morgan fingerprint density at radius 2 is 2.19 bits per heavy atom. The molecule has 21 heavy (non-hydrogen) atoms. The van der Waals surface area contributed by atoms with Crippen molar-refractivity contribution in [3.05, 3.63) is 16.4 Å². The molecule has 0 aromatic carbocycles. The van der Waals surface area contributed by atoms with Crippen molar-refractivity contribution in [2.24, 2.45) is 5.73 Å². The lowest BCUT2D eigenvalue weighted by atomic mass is 10.2. The van der Waals surface area contributed by atoms with Gasteiger partial charge in [-0.25, -0.2) is 9.97 Å². The second-order valence-corrected chi connectivity index (χ2v) is 4.77. The molecule has 3 N–H and O–H groups in total. The molecule has 0 atom stereocenters. The molecule has 0 radical (unpaired) electrons. The van der Waals surface area contributed by atoms with Crippen LogP contribution in [0.4, 0.5) is 17.3 Å². The van der Waals surface area contributed by atoms with Crippen LogP contribution in [0.5, 0.6) is 0 Å². The molecule has 0 aliphatic carbocycles. The van der Waals surface area contributed by atoms with Crippen molar-refractivity contribution in [1.82, 2.24) is 9.97 Å². The van der Waals surface area contributed by atoms with E-state index in [1.54, 1.807) is 13.8 Å². The zero-order chi connectivity index (χ0) is 16.0. The van der Waals surface area contributed by atoms with Crippen molar-refractivity contribution >= 4 is 23.2 Å². The van der Waals surface area contributed by atoms with E-state index in [0.29, 0.717) is 6.54 Å². The Balaban J connectivity index is 3.31. The number of rotatable bonds is 8. The summed E-state index contributed by atoms with van der Waals surface area (Å²) in [4.78, 5) is 31.4. The number of nitro groups is 1. The van der Waals surface area contributed by atoms with Crippen LogP contribution in [0.25, 0.3) is 0 Å². The monoisotopic (exact) mass is 296 g/mol. The highest BCUT2D eigenvalue weighted by Gasteiger charge is 2.28. The average Bonchev–Trinajstić information content (AvgIpc) is 2.41. The number of amides is 1. The molecule has 1 amide bonds. The van der Waals surface area contributed by atoms with Crippen LogP contribution in [0.1, 0.15) is 27.2 Å². The molecule has 0 aliphatic heterocycles. The Labute approximate surface area is 122 Å². The molecule has 0 bridgehead atoms. The number of nitrogens with zero attached hydrogens (tertiary/aromatic N) is 4. The molecule has 0 fully saturated rings. The van der Waals surface area contributed by atoms with E-state index in [2.05, 4.69) is 15.3 Å². The summed E-state index contributed by atoms with van der Waals surface area (Å²) in [5, 5.41) is 14.3. The van der Waals surface area contributed by atoms with Crippen LogP contribution in [0.15, 0.2) is 6.33 Å². The highest BCUT2D eigenvalue weighted by atomic mass is 16.6. The summed E-state index contributed by atoms with van der Waals surface area (Å²) in [7, 11) is 0. The molecule has 9 nitrogen and oxygen atoms in total. The molecule has 0 saturated carbocycles. The maximum atomic E-state index is 11.4. The number of nitrogens with two attached hydrogens (primary N) is 1. The summed E-state index contributed by atoms with van der Waals surface area (Å²) < 4.78 is 0. The van der Waals surface area contributed by atoms with Crippen LogP contribution >= 0.6 is 0 Å². The quantitative estimate of drug-likeness (QED) is 0.539. The molecule has 0 unspecified atom stereocenters. The number of anilines is 2. The third-order valence-electron chi connectivity index (χ3n) is 2.75. The molecule has 0 saturated heterocycles. The molecular formula is C12H20N6O3. The first-order chi connectivity index (χ1) is 9.88. The topological polar surface area (TPSA) is 127 Å². The second kappa shape index (κ2) is 7.36. The Bertz CT molecular complexity index is 520. The van der Waals surface area contributed by atoms with E-state index in [1.165, 1.54) is 11.2 Å². The second-order valence-electron chi connectivity index (χ2n) is 4.77. The molecule has 1 aromatic rings. The number of hydrogen-bond donors (Lipinski definition) is 2. The summed E-state index contributed by atoms with van der Waals surface area (Å²) in [6, 6.07) is -0.176. The highest BCUT2D eigenvalue weighted by Crippen LogP contribution is 2.32. The molecule has 0 aliphatic rings. The highest BCUT2D eigenvalue weighted by molar-refractivity contribution is 5.81. The van der Waals surface area contributed by atoms with Gasteiger partial charge < -0.3 is 16.0 Å². The van der Waals surface area contributed by atoms with Crippen molar-refractivity contribution in [3.8, 4) is 0 Å². The number of carbonyl (C=O) groups is 1. The van der Waals surface area contributed by atoms with E-state index in [4.69, 9.17) is 5.73 Å². The summed E-state index contributed by atoms with van der Waals surface area (Å²) in [5.41, 5.74) is 4.95. The lowest BCUT2D eigenvalue weighted by Gasteiger charge is -2.26. The zero-order valence-corrected chi connectivity index (χ0v) is 12.4. The van der Waals surface area contributed by atoms with E-state index >= 15 is 0 Å². The van der Waals surface area contributed by atoms with Crippen LogP contribution in [0, 0.1) is 10.1 Å². The van der Waals surface area contributed by atoms with Crippen LogP contribution in [0.3, 0.4) is 0 Å². The Kier molecular flexibility index (Phi) is 5.82. The predicted octanol–water partition coefficient (Wildman–Crippen LogP) is 0.907. The fourth-order valence-electron chi connectivity index (χ4n) is 1.79. The van der Waals surface area contributed by atoms with Gasteiger partial charge in [0.25, 0.3) is 0 Å². The minimum atomic E-state index is -0.584. The fourth-order valence-corrected chi connectivity index (χ4v) is 1.79. The number of primary amides is 1. The smallest absolute Gasteiger partial charge is 0.353 e. The van der Waals surface area contributed by atoms with Crippen LogP contribution < -0.4 is 16.0 Å². The van der Waals surface area contributed by atoms with Gasteiger partial charge in [0, 0.05) is 12.6 Å². The van der Waals surface area contributed by atoms with Crippen molar-refractivity contribution in [1.29, 1.82) is 0 Å². The molecule has 0 spiro atoms. The van der Waals surface area contributed by atoms with Crippen molar-refractivity contribution in [2.75, 3.05) is 23.3 Å². The van der Waals surface area contributed by atoms with Crippen molar-refractivity contribution in [3.63, 3.8) is 0 Å². The van der Waals surface area contributed by atoms with Crippen molar-refractivity contribution in [2.45, 2.75) is 33.2 Å². The van der Waals surface area contributed by atoms with E-state index in [1.807, 2.05) is 6.92 Å². The zero-order valence-electron chi connectivity index (χ0n) is 12.4. The van der Waals surface area contributed by atoms with E-state index < -0.39 is 10.8 Å². The first kappa shape index (κ1) is 16.6. The third kappa shape index (κ3) is 4.26. The Morgan fingerprint density at radius 3 is 2.67 bits per heavy atom. The van der Waals surface area contributed by atoms with Crippen LogP contribution in [-0.4, -0.2) is 39.9 Å². The van der Waals surface area contributed by atoms with Gasteiger partial charge in [-0.3, -0.25) is 14.9 Å². The van der Waals surface area contributed by atoms with Gasteiger partial charge in [0.1, 0.15) is 6.33 Å². The third-order valence-corrected chi connectivity index (χ3v) is 2.75. The summed E-state index contributed by atoms with van der Waals surface area (Å²) in [6.07, 6.45) is 2.03. The Morgan fingerprint density at radius 1 is 1.52 bits per heavy atom. The summed E-state index contributed by atoms with van der Waals surface area (Å²) in [6.45, 7) is 5.94. The molecule has 1 heterocycles. The molecule has 9 heteroatoms. The van der Waals surface area contributed by atoms with Gasteiger partial charge in [-0.2, -0.15) is 0 Å². The van der Waals surface area contributed by atoms with Crippen LogP contribution in [-0.2, 0) is 4.79 Å². The average molecular weight is 296 g/mol.